The zero-order valence-corrected chi connectivity index (χ0v) is 14.2. The summed E-state index contributed by atoms with van der Waals surface area (Å²) in [5.41, 5.74) is 0. The Morgan fingerprint density at radius 2 is 1.96 bits per heavy atom. The molecule has 1 aliphatic rings. The van der Waals surface area contributed by atoms with Crippen LogP contribution in [0.5, 0.6) is 11.8 Å². The highest BCUT2D eigenvalue weighted by molar-refractivity contribution is 7.14. The number of methoxy groups -OCH3 is 1. The van der Waals surface area contributed by atoms with Crippen LogP contribution in [0.3, 0.4) is 0 Å². The van der Waals surface area contributed by atoms with Crippen molar-refractivity contribution in [1.29, 1.82) is 0 Å². The number of aromatic nitrogens is 2. The first kappa shape index (κ1) is 16.5. The van der Waals surface area contributed by atoms with Crippen LogP contribution in [0.2, 0.25) is 0 Å². The SMILES string of the molecule is COc1nccnc1OC1CCC(NC(=O)Nc2cccs2)CC1. The minimum absolute atomic E-state index is 0.0639. The molecule has 128 valence electrons. The maximum Gasteiger partial charge on any atom is 0.320 e. The molecule has 0 aliphatic heterocycles. The van der Waals surface area contributed by atoms with Crippen molar-refractivity contribution in [2.75, 3.05) is 12.4 Å². The van der Waals surface area contributed by atoms with Gasteiger partial charge in [-0.15, -0.1) is 11.3 Å². The number of ether oxygens (including phenoxy) is 2. The summed E-state index contributed by atoms with van der Waals surface area (Å²) in [5.74, 6) is 0.819. The molecule has 0 saturated heterocycles. The van der Waals surface area contributed by atoms with Crippen LogP contribution in [0.25, 0.3) is 0 Å². The molecule has 7 nitrogen and oxygen atoms in total. The highest BCUT2D eigenvalue weighted by Gasteiger charge is 2.25. The van der Waals surface area contributed by atoms with E-state index in [4.69, 9.17) is 9.47 Å². The molecule has 0 unspecified atom stereocenters. The molecule has 1 fully saturated rings. The van der Waals surface area contributed by atoms with Crippen LogP contribution >= 0.6 is 11.3 Å². The minimum atomic E-state index is -0.155. The van der Waals surface area contributed by atoms with Crippen LogP contribution < -0.4 is 20.1 Å². The highest BCUT2D eigenvalue weighted by atomic mass is 32.1. The molecule has 2 aromatic heterocycles. The van der Waals surface area contributed by atoms with Crippen molar-refractivity contribution in [3.8, 4) is 11.8 Å². The van der Waals surface area contributed by atoms with Gasteiger partial charge in [-0.05, 0) is 43.2 Å². The Balaban J connectivity index is 1.44. The molecular weight excluding hydrogens is 328 g/mol. The van der Waals surface area contributed by atoms with E-state index in [0.29, 0.717) is 11.8 Å². The average molecular weight is 348 g/mol. The summed E-state index contributed by atoms with van der Waals surface area (Å²) in [7, 11) is 1.55. The van der Waals surface area contributed by atoms with E-state index in [-0.39, 0.29) is 18.2 Å². The number of nitrogens with zero attached hydrogens (tertiary/aromatic N) is 2. The van der Waals surface area contributed by atoms with E-state index in [2.05, 4.69) is 20.6 Å². The maximum atomic E-state index is 12.0. The monoisotopic (exact) mass is 348 g/mol. The number of nitrogens with one attached hydrogen (secondary N) is 2. The molecule has 1 saturated carbocycles. The molecule has 2 N–H and O–H groups in total. The van der Waals surface area contributed by atoms with Gasteiger partial charge in [0, 0.05) is 18.4 Å². The number of hydrogen-bond acceptors (Lipinski definition) is 6. The number of urea groups is 1. The number of amides is 2. The third-order valence-corrected chi connectivity index (χ3v) is 4.66. The van der Waals surface area contributed by atoms with Crippen LogP contribution in [0, 0.1) is 0 Å². The Morgan fingerprint density at radius 1 is 1.21 bits per heavy atom. The lowest BCUT2D eigenvalue weighted by Crippen LogP contribution is -2.41. The second-order valence-electron chi connectivity index (χ2n) is 5.54. The molecule has 2 aromatic rings. The molecule has 0 radical (unpaired) electrons. The third kappa shape index (κ3) is 4.35. The van der Waals surface area contributed by atoms with E-state index in [1.807, 2.05) is 17.5 Å². The fraction of sp³-hybridized carbons (Fsp3) is 0.438. The van der Waals surface area contributed by atoms with E-state index < -0.39 is 0 Å². The standard InChI is InChI=1S/C16H20N4O3S/c1-22-14-15(18-9-8-17-14)23-12-6-4-11(5-7-12)19-16(21)20-13-3-2-10-24-13/h2-3,8-12H,4-7H2,1H3,(H2,19,20,21). The molecule has 0 spiro atoms. The average Bonchev–Trinajstić information content (AvgIpc) is 3.10. The molecule has 0 aromatic carbocycles. The summed E-state index contributed by atoms with van der Waals surface area (Å²) in [5, 5.41) is 8.63. The molecule has 3 rings (SSSR count). The molecule has 0 atom stereocenters. The Labute approximate surface area is 144 Å². The molecule has 2 amide bonds. The number of anilines is 1. The van der Waals surface area contributed by atoms with Crippen molar-refractivity contribution in [2.24, 2.45) is 0 Å². The summed E-state index contributed by atoms with van der Waals surface area (Å²) in [4.78, 5) is 20.2. The van der Waals surface area contributed by atoms with Gasteiger partial charge in [0.25, 0.3) is 11.8 Å². The summed E-state index contributed by atoms with van der Waals surface area (Å²) in [6.07, 6.45) is 6.65. The lowest BCUT2D eigenvalue weighted by Gasteiger charge is -2.29. The smallest absolute Gasteiger partial charge is 0.320 e. The van der Waals surface area contributed by atoms with Crippen LogP contribution in [0.15, 0.2) is 29.9 Å². The van der Waals surface area contributed by atoms with E-state index in [1.54, 1.807) is 19.5 Å². The second-order valence-corrected chi connectivity index (χ2v) is 6.49. The normalized spacial score (nSPS) is 20.2. The maximum absolute atomic E-state index is 12.0. The van der Waals surface area contributed by atoms with Crippen molar-refractivity contribution in [1.82, 2.24) is 15.3 Å². The van der Waals surface area contributed by atoms with Crippen LogP contribution in [-0.4, -0.2) is 35.3 Å². The fourth-order valence-electron chi connectivity index (χ4n) is 2.70. The van der Waals surface area contributed by atoms with Gasteiger partial charge >= 0.3 is 6.03 Å². The predicted molar refractivity (Wildman–Crippen MR) is 91.7 cm³/mol. The number of carbonyl (C=O) groups is 1. The zero-order valence-electron chi connectivity index (χ0n) is 13.4. The van der Waals surface area contributed by atoms with Crippen molar-refractivity contribution < 1.29 is 14.3 Å². The van der Waals surface area contributed by atoms with Gasteiger partial charge in [0.05, 0.1) is 12.1 Å². The largest absolute Gasteiger partial charge is 0.477 e. The first-order valence-electron chi connectivity index (χ1n) is 7.87. The van der Waals surface area contributed by atoms with E-state index in [1.165, 1.54) is 11.3 Å². The Kier molecular flexibility index (Phi) is 5.47. The Morgan fingerprint density at radius 3 is 2.62 bits per heavy atom. The molecule has 2 heterocycles. The van der Waals surface area contributed by atoms with Crippen molar-refractivity contribution in [2.45, 2.75) is 37.8 Å². The molecule has 24 heavy (non-hydrogen) atoms. The van der Waals surface area contributed by atoms with Crippen LogP contribution in [0.1, 0.15) is 25.7 Å². The van der Waals surface area contributed by atoms with Gasteiger partial charge in [-0.1, -0.05) is 0 Å². The predicted octanol–water partition coefficient (Wildman–Crippen LogP) is 3.06. The quantitative estimate of drug-likeness (QED) is 0.867. The third-order valence-electron chi connectivity index (χ3n) is 3.87. The first-order valence-corrected chi connectivity index (χ1v) is 8.75. The highest BCUT2D eigenvalue weighted by Crippen LogP contribution is 2.27. The number of rotatable bonds is 5. The molecule has 8 heteroatoms. The second kappa shape index (κ2) is 7.96. The summed E-state index contributed by atoms with van der Waals surface area (Å²) < 4.78 is 11.0. The van der Waals surface area contributed by atoms with Crippen LogP contribution in [-0.2, 0) is 0 Å². The number of thiophene rings is 1. The fourth-order valence-corrected chi connectivity index (χ4v) is 3.31. The summed E-state index contributed by atoms with van der Waals surface area (Å²) >= 11 is 1.50. The number of hydrogen-bond donors (Lipinski definition) is 2. The van der Waals surface area contributed by atoms with Gasteiger partial charge in [0.15, 0.2) is 0 Å². The van der Waals surface area contributed by atoms with E-state index >= 15 is 0 Å². The number of carbonyl (C=O) groups excluding carboxylic acids is 1. The molecule has 1 aliphatic carbocycles. The molecule has 0 bridgehead atoms. The first-order chi connectivity index (χ1) is 11.7. The topological polar surface area (TPSA) is 85.4 Å². The van der Waals surface area contributed by atoms with Crippen LogP contribution in [0.4, 0.5) is 9.80 Å². The van der Waals surface area contributed by atoms with Gasteiger partial charge in [0.1, 0.15) is 6.10 Å². The summed E-state index contributed by atoms with van der Waals surface area (Å²) in [6.45, 7) is 0. The van der Waals surface area contributed by atoms with Gasteiger partial charge in [-0.3, -0.25) is 5.32 Å². The minimum Gasteiger partial charge on any atom is -0.477 e. The van der Waals surface area contributed by atoms with Gasteiger partial charge in [-0.2, -0.15) is 0 Å². The lowest BCUT2D eigenvalue weighted by molar-refractivity contribution is 0.129. The summed E-state index contributed by atoms with van der Waals surface area (Å²) in [6, 6.07) is 3.79. The van der Waals surface area contributed by atoms with Gasteiger partial charge in [-0.25, -0.2) is 14.8 Å². The van der Waals surface area contributed by atoms with Crippen molar-refractivity contribution in [3.05, 3.63) is 29.9 Å². The van der Waals surface area contributed by atoms with E-state index in [0.717, 1.165) is 30.7 Å². The van der Waals surface area contributed by atoms with Crippen molar-refractivity contribution in [3.63, 3.8) is 0 Å². The zero-order chi connectivity index (χ0) is 16.8. The van der Waals surface area contributed by atoms with E-state index in [9.17, 15) is 4.79 Å². The lowest BCUT2D eigenvalue weighted by atomic mass is 9.93. The molecular formula is C16H20N4O3S. The Bertz CT molecular complexity index is 657. The van der Waals surface area contributed by atoms with Crippen molar-refractivity contribution >= 4 is 22.4 Å². The Hall–Kier alpha value is -2.35. The van der Waals surface area contributed by atoms with Gasteiger partial charge in [0.2, 0.25) is 0 Å². The van der Waals surface area contributed by atoms with Gasteiger partial charge < -0.3 is 14.8 Å².